The molecule has 1 amide bonds. The topological polar surface area (TPSA) is 113 Å². The monoisotopic (exact) mass is 482 g/mol. The second-order valence-corrected chi connectivity index (χ2v) is 10.1. The highest BCUT2D eigenvalue weighted by Crippen LogP contribution is 2.24. The largest absolute Gasteiger partial charge is 0.478 e. The van der Waals surface area contributed by atoms with Gasteiger partial charge in [0.1, 0.15) is 5.75 Å². The van der Waals surface area contributed by atoms with Gasteiger partial charge in [0.15, 0.2) is 17.2 Å². The number of nitrogens with one attached hydrogen (secondary N) is 1. The standard InChI is InChI=1S/C22H24F2N2O6S/c1-22(2,32-16-5-8-18(23)19(24)13-16)21(29)25-15-9-11-26(12-10-15)33(30,31)17-6-3-14(4-7-17)20(27)28/h3-8,13,15H,9-12H2,1-2H3,(H,25,29)(H,27,28). The fourth-order valence-corrected chi connectivity index (χ4v) is 4.87. The van der Waals surface area contributed by atoms with Crippen LogP contribution in [0.4, 0.5) is 8.78 Å². The van der Waals surface area contributed by atoms with Crippen LogP contribution in [0, 0.1) is 11.6 Å². The summed E-state index contributed by atoms with van der Waals surface area (Å²) in [6, 6.07) is 7.66. The zero-order valence-corrected chi connectivity index (χ0v) is 18.9. The molecule has 1 saturated heterocycles. The molecule has 1 fully saturated rings. The predicted molar refractivity (Wildman–Crippen MR) is 114 cm³/mol. The van der Waals surface area contributed by atoms with Crippen LogP contribution in [0.3, 0.4) is 0 Å². The lowest BCUT2D eigenvalue weighted by molar-refractivity contribution is -0.135. The van der Waals surface area contributed by atoms with Crippen molar-refractivity contribution < 1.29 is 36.6 Å². The predicted octanol–water partition coefficient (Wildman–Crippen LogP) is 2.79. The molecule has 33 heavy (non-hydrogen) atoms. The third-order valence-electron chi connectivity index (χ3n) is 5.34. The van der Waals surface area contributed by atoms with Gasteiger partial charge in [-0.25, -0.2) is 22.0 Å². The van der Waals surface area contributed by atoms with Gasteiger partial charge in [0.25, 0.3) is 5.91 Å². The van der Waals surface area contributed by atoms with E-state index in [0.717, 1.165) is 12.1 Å². The molecule has 11 heteroatoms. The highest BCUT2D eigenvalue weighted by molar-refractivity contribution is 7.89. The van der Waals surface area contributed by atoms with Gasteiger partial charge in [0.2, 0.25) is 10.0 Å². The molecule has 1 aliphatic rings. The molecule has 2 aromatic carbocycles. The lowest BCUT2D eigenvalue weighted by atomic mass is 10.0. The Bertz CT molecular complexity index is 1140. The number of carboxylic acid groups (broad SMARTS) is 1. The Hall–Kier alpha value is -3.05. The lowest BCUT2D eigenvalue weighted by Crippen LogP contribution is -2.53. The molecule has 0 unspecified atom stereocenters. The highest BCUT2D eigenvalue weighted by atomic mass is 32.2. The molecule has 2 aromatic rings. The Morgan fingerprint density at radius 3 is 2.21 bits per heavy atom. The molecular formula is C22H24F2N2O6S. The van der Waals surface area contributed by atoms with E-state index in [1.807, 2.05) is 0 Å². The summed E-state index contributed by atoms with van der Waals surface area (Å²) in [4.78, 5) is 23.6. The lowest BCUT2D eigenvalue weighted by Gasteiger charge is -2.34. The minimum Gasteiger partial charge on any atom is -0.478 e. The first kappa shape index (κ1) is 24.6. The van der Waals surface area contributed by atoms with Crippen molar-refractivity contribution in [1.82, 2.24) is 9.62 Å². The fraction of sp³-hybridized carbons (Fsp3) is 0.364. The van der Waals surface area contributed by atoms with E-state index >= 15 is 0 Å². The number of benzene rings is 2. The number of carbonyl (C=O) groups is 2. The molecule has 0 radical (unpaired) electrons. The summed E-state index contributed by atoms with van der Waals surface area (Å²) in [5.74, 6) is -3.73. The first-order valence-electron chi connectivity index (χ1n) is 10.2. The molecule has 0 bridgehead atoms. The van der Waals surface area contributed by atoms with Crippen LogP contribution in [0.1, 0.15) is 37.0 Å². The van der Waals surface area contributed by atoms with E-state index in [0.29, 0.717) is 12.8 Å². The summed E-state index contributed by atoms with van der Waals surface area (Å²) in [5.41, 5.74) is -1.39. The third kappa shape index (κ3) is 5.66. The Morgan fingerprint density at radius 2 is 1.67 bits per heavy atom. The van der Waals surface area contributed by atoms with Crippen molar-refractivity contribution in [3.8, 4) is 5.75 Å². The van der Waals surface area contributed by atoms with E-state index in [1.54, 1.807) is 0 Å². The first-order valence-corrected chi connectivity index (χ1v) is 11.6. The summed E-state index contributed by atoms with van der Waals surface area (Å²) < 4.78 is 59.0. The first-order chi connectivity index (χ1) is 15.4. The molecule has 3 rings (SSSR count). The number of nitrogens with zero attached hydrogens (tertiary/aromatic N) is 1. The van der Waals surface area contributed by atoms with Crippen LogP contribution in [-0.2, 0) is 14.8 Å². The van der Waals surface area contributed by atoms with Gasteiger partial charge in [0, 0.05) is 25.2 Å². The van der Waals surface area contributed by atoms with Crippen LogP contribution in [0.15, 0.2) is 47.4 Å². The molecule has 0 aliphatic carbocycles. The fourth-order valence-electron chi connectivity index (χ4n) is 3.40. The molecular weight excluding hydrogens is 458 g/mol. The molecule has 2 N–H and O–H groups in total. The van der Waals surface area contributed by atoms with Gasteiger partial charge < -0.3 is 15.2 Å². The summed E-state index contributed by atoms with van der Waals surface area (Å²) in [5, 5.41) is 11.8. The third-order valence-corrected chi connectivity index (χ3v) is 7.25. The molecule has 178 valence electrons. The number of rotatable bonds is 7. The van der Waals surface area contributed by atoms with E-state index in [1.165, 1.54) is 48.5 Å². The smallest absolute Gasteiger partial charge is 0.335 e. The number of carbonyl (C=O) groups excluding carboxylic acids is 1. The van der Waals surface area contributed by atoms with Gasteiger partial charge in [-0.2, -0.15) is 4.31 Å². The second-order valence-electron chi connectivity index (χ2n) is 8.17. The second kappa shape index (κ2) is 9.44. The van der Waals surface area contributed by atoms with Crippen molar-refractivity contribution >= 4 is 21.9 Å². The van der Waals surface area contributed by atoms with Crippen molar-refractivity contribution in [2.45, 2.75) is 43.2 Å². The van der Waals surface area contributed by atoms with E-state index in [9.17, 15) is 26.8 Å². The van der Waals surface area contributed by atoms with E-state index < -0.39 is 39.1 Å². The van der Waals surface area contributed by atoms with Crippen LogP contribution in [0.25, 0.3) is 0 Å². The molecule has 0 spiro atoms. The number of hydrogen-bond acceptors (Lipinski definition) is 5. The van der Waals surface area contributed by atoms with Crippen LogP contribution in [0.2, 0.25) is 0 Å². The number of carboxylic acids is 1. The van der Waals surface area contributed by atoms with Crippen LogP contribution >= 0.6 is 0 Å². The van der Waals surface area contributed by atoms with Crippen molar-refractivity contribution in [2.75, 3.05) is 13.1 Å². The minimum atomic E-state index is -3.80. The molecule has 8 nitrogen and oxygen atoms in total. The molecule has 0 atom stereocenters. The maximum absolute atomic E-state index is 13.4. The maximum Gasteiger partial charge on any atom is 0.335 e. The number of sulfonamides is 1. The van der Waals surface area contributed by atoms with Crippen molar-refractivity contribution in [3.05, 3.63) is 59.7 Å². The maximum atomic E-state index is 13.4. The van der Waals surface area contributed by atoms with Crippen molar-refractivity contribution in [3.63, 3.8) is 0 Å². The van der Waals surface area contributed by atoms with Gasteiger partial charge in [-0.05, 0) is 63.1 Å². The number of aromatic carboxylic acids is 1. The van der Waals surface area contributed by atoms with Gasteiger partial charge in [-0.1, -0.05) is 0 Å². The number of ether oxygens (including phenoxy) is 1. The Balaban J connectivity index is 1.58. The Kier molecular flexibility index (Phi) is 7.03. The number of hydrogen-bond donors (Lipinski definition) is 2. The summed E-state index contributed by atoms with van der Waals surface area (Å²) in [7, 11) is -3.80. The molecule has 1 heterocycles. The number of amides is 1. The molecule has 0 aromatic heterocycles. The van der Waals surface area contributed by atoms with Crippen LogP contribution < -0.4 is 10.1 Å². The molecule has 0 saturated carbocycles. The average Bonchev–Trinajstić information content (AvgIpc) is 2.76. The minimum absolute atomic E-state index is 0.00359. The summed E-state index contributed by atoms with van der Waals surface area (Å²) >= 11 is 0. The van der Waals surface area contributed by atoms with Gasteiger partial charge in [0.05, 0.1) is 10.5 Å². The van der Waals surface area contributed by atoms with E-state index in [2.05, 4.69) is 5.32 Å². The normalized spacial score (nSPS) is 15.8. The van der Waals surface area contributed by atoms with E-state index in [-0.39, 0.29) is 35.3 Å². The number of halogens is 2. The quantitative estimate of drug-likeness (QED) is 0.628. The van der Waals surface area contributed by atoms with Gasteiger partial charge >= 0.3 is 5.97 Å². The van der Waals surface area contributed by atoms with Gasteiger partial charge in [-0.3, -0.25) is 4.79 Å². The van der Waals surface area contributed by atoms with Crippen molar-refractivity contribution in [2.24, 2.45) is 0 Å². The zero-order chi connectivity index (χ0) is 24.4. The van der Waals surface area contributed by atoms with Crippen molar-refractivity contribution in [1.29, 1.82) is 0 Å². The number of piperidine rings is 1. The van der Waals surface area contributed by atoms with Crippen LogP contribution in [0.5, 0.6) is 5.75 Å². The Morgan fingerprint density at radius 1 is 1.06 bits per heavy atom. The van der Waals surface area contributed by atoms with Crippen LogP contribution in [-0.4, -0.2) is 54.4 Å². The van der Waals surface area contributed by atoms with Gasteiger partial charge in [-0.15, -0.1) is 0 Å². The van der Waals surface area contributed by atoms with E-state index in [4.69, 9.17) is 9.84 Å². The summed E-state index contributed by atoms with van der Waals surface area (Å²) in [6.07, 6.45) is 0.721. The zero-order valence-electron chi connectivity index (χ0n) is 18.0. The Labute approximate surface area is 190 Å². The summed E-state index contributed by atoms with van der Waals surface area (Å²) in [6.45, 7) is 3.31. The highest BCUT2D eigenvalue weighted by Gasteiger charge is 2.35. The average molecular weight is 483 g/mol. The SMILES string of the molecule is CC(C)(Oc1ccc(F)c(F)c1)C(=O)NC1CCN(S(=O)(=O)c2ccc(C(=O)O)cc2)CC1. The molecule has 1 aliphatic heterocycles.